The number of fused-ring (bicyclic) bond motifs is 1. The molecule has 2 aromatic carbocycles. The Morgan fingerprint density at radius 3 is 2.49 bits per heavy atom. The number of piperidine rings is 2. The molecule has 1 aliphatic carbocycles. The molecule has 2 saturated heterocycles. The largest absolute Gasteiger partial charge is 0.490 e. The number of benzene rings is 2. The van der Waals surface area contributed by atoms with E-state index in [1.165, 1.54) is 17.6 Å². The Hall–Kier alpha value is -3.16. The molecule has 2 aromatic rings. The average molecular weight is 576 g/mol. The van der Waals surface area contributed by atoms with Crippen molar-refractivity contribution < 1.29 is 19.1 Å². The summed E-state index contributed by atoms with van der Waals surface area (Å²) in [5, 5.41) is 3.13. The molecule has 1 N–H and O–H groups in total. The fourth-order valence-corrected chi connectivity index (χ4v) is 6.86. The maximum atomic E-state index is 13.0. The van der Waals surface area contributed by atoms with E-state index in [-0.39, 0.29) is 24.3 Å². The van der Waals surface area contributed by atoms with Crippen molar-refractivity contribution in [1.29, 1.82) is 0 Å². The fourth-order valence-electron chi connectivity index (χ4n) is 6.74. The lowest BCUT2D eigenvalue weighted by molar-refractivity contribution is -0.136. The number of imide groups is 1. The first-order chi connectivity index (χ1) is 19.6. The number of halogens is 1. The minimum absolute atomic E-state index is 0.127. The standard InChI is InChI=1S/C33H38ClN3O4/c1-33(2)14-11-22(28(18-33)21-3-5-24(34)6-4-21)19-36-15-12-25(13-16-36)41-26-7-8-27-23(17-26)20-37(32(27)40)29-9-10-30(38)35-31(29)39/h3-8,17,25,29H,9-16,18-20H2,1-2H3,(H,35,38,39). The molecule has 3 heterocycles. The smallest absolute Gasteiger partial charge is 0.255 e. The minimum Gasteiger partial charge on any atom is -0.490 e. The highest BCUT2D eigenvalue weighted by atomic mass is 35.5. The van der Waals surface area contributed by atoms with Crippen molar-refractivity contribution in [2.45, 2.75) is 77.5 Å². The predicted octanol–water partition coefficient (Wildman–Crippen LogP) is 5.61. The number of ether oxygens (including phenoxy) is 1. The summed E-state index contributed by atoms with van der Waals surface area (Å²) in [7, 11) is 0. The van der Waals surface area contributed by atoms with E-state index in [1.807, 2.05) is 30.3 Å². The third kappa shape index (κ3) is 6.07. The zero-order chi connectivity index (χ0) is 28.7. The molecule has 3 aliphatic heterocycles. The van der Waals surface area contributed by atoms with E-state index in [2.05, 4.69) is 36.2 Å². The normalized spacial score (nSPS) is 23.5. The summed E-state index contributed by atoms with van der Waals surface area (Å²) >= 11 is 6.17. The molecule has 8 heteroatoms. The summed E-state index contributed by atoms with van der Waals surface area (Å²) in [6, 6.07) is 13.3. The van der Waals surface area contributed by atoms with E-state index in [0.717, 1.165) is 61.7 Å². The second-order valence-corrected chi connectivity index (χ2v) is 13.2. The van der Waals surface area contributed by atoms with Crippen molar-refractivity contribution in [3.05, 3.63) is 69.8 Å². The van der Waals surface area contributed by atoms with Crippen molar-refractivity contribution in [3.8, 4) is 5.75 Å². The zero-order valence-corrected chi connectivity index (χ0v) is 24.6. The van der Waals surface area contributed by atoms with E-state index in [1.54, 1.807) is 10.5 Å². The predicted molar refractivity (Wildman–Crippen MR) is 159 cm³/mol. The number of carbonyl (C=O) groups excluding carboxylic acids is 3. The Morgan fingerprint density at radius 1 is 1.00 bits per heavy atom. The highest BCUT2D eigenvalue weighted by Crippen LogP contribution is 2.43. The Morgan fingerprint density at radius 2 is 1.76 bits per heavy atom. The maximum Gasteiger partial charge on any atom is 0.255 e. The number of allylic oxidation sites excluding steroid dienone is 1. The molecule has 0 spiro atoms. The first kappa shape index (κ1) is 28.0. The van der Waals surface area contributed by atoms with Gasteiger partial charge in [0.2, 0.25) is 11.8 Å². The van der Waals surface area contributed by atoms with Gasteiger partial charge in [0, 0.05) is 43.2 Å². The molecule has 6 rings (SSSR count). The van der Waals surface area contributed by atoms with Crippen LogP contribution in [0.5, 0.6) is 5.75 Å². The number of hydrogen-bond acceptors (Lipinski definition) is 5. The average Bonchev–Trinajstić information content (AvgIpc) is 3.26. The SMILES string of the molecule is CC1(C)CCC(CN2CCC(Oc3ccc4c(c3)CN(C3CCC(=O)NC3=O)C4=O)CC2)=C(c2ccc(Cl)cc2)C1. The number of amides is 3. The Kier molecular flexibility index (Phi) is 7.68. The van der Waals surface area contributed by atoms with Gasteiger partial charge in [-0.25, -0.2) is 0 Å². The molecule has 41 heavy (non-hydrogen) atoms. The summed E-state index contributed by atoms with van der Waals surface area (Å²) in [5.74, 6) is -0.0627. The molecular weight excluding hydrogens is 538 g/mol. The second-order valence-electron chi connectivity index (χ2n) is 12.7. The van der Waals surface area contributed by atoms with Crippen LogP contribution in [0.15, 0.2) is 48.0 Å². The first-order valence-corrected chi connectivity index (χ1v) is 15.2. The van der Waals surface area contributed by atoms with E-state index in [0.29, 0.717) is 23.9 Å². The molecule has 0 saturated carbocycles. The minimum atomic E-state index is -0.605. The Bertz CT molecular complexity index is 1390. The van der Waals surface area contributed by atoms with Crippen LogP contribution in [0.4, 0.5) is 0 Å². The van der Waals surface area contributed by atoms with Crippen molar-refractivity contribution in [3.63, 3.8) is 0 Å². The van der Waals surface area contributed by atoms with E-state index in [4.69, 9.17) is 16.3 Å². The van der Waals surface area contributed by atoms with Crippen molar-refractivity contribution in [2.75, 3.05) is 19.6 Å². The lowest BCUT2D eigenvalue weighted by atomic mass is 9.72. The van der Waals surface area contributed by atoms with Crippen molar-refractivity contribution >= 4 is 34.9 Å². The van der Waals surface area contributed by atoms with Gasteiger partial charge in [-0.05, 0) is 91.0 Å². The summed E-state index contributed by atoms with van der Waals surface area (Å²) in [4.78, 5) is 41.0. The Labute approximate surface area is 246 Å². The van der Waals surface area contributed by atoms with Gasteiger partial charge in [-0.15, -0.1) is 0 Å². The quantitative estimate of drug-likeness (QED) is 0.453. The van der Waals surface area contributed by atoms with Gasteiger partial charge in [0.15, 0.2) is 0 Å². The molecule has 7 nitrogen and oxygen atoms in total. The molecule has 0 radical (unpaired) electrons. The van der Waals surface area contributed by atoms with E-state index < -0.39 is 11.9 Å². The van der Waals surface area contributed by atoms with Gasteiger partial charge in [-0.1, -0.05) is 43.2 Å². The van der Waals surface area contributed by atoms with Crippen molar-refractivity contribution in [2.24, 2.45) is 5.41 Å². The maximum absolute atomic E-state index is 13.0. The second kappa shape index (κ2) is 11.3. The van der Waals surface area contributed by atoms with E-state index in [9.17, 15) is 14.4 Å². The van der Waals surface area contributed by atoms with Crippen LogP contribution in [0.1, 0.15) is 80.3 Å². The number of nitrogens with one attached hydrogen (secondary N) is 1. The highest BCUT2D eigenvalue weighted by molar-refractivity contribution is 6.30. The van der Waals surface area contributed by atoms with Crippen LogP contribution in [0.2, 0.25) is 5.02 Å². The Balaban J connectivity index is 1.07. The fraction of sp³-hybridized carbons (Fsp3) is 0.485. The molecule has 4 aliphatic rings. The van der Waals surface area contributed by atoms with Crippen LogP contribution in [0, 0.1) is 5.41 Å². The van der Waals surface area contributed by atoms with Gasteiger partial charge in [0.05, 0.1) is 0 Å². The number of rotatable bonds is 6. The van der Waals surface area contributed by atoms with Gasteiger partial charge in [0.25, 0.3) is 5.91 Å². The number of likely N-dealkylation sites (tertiary alicyclic amines) is 1. The van der Waals surface area contributed by atoms with Crippen LogP contribution in [0.3, 0.4) is 0 Å². The summed E-state index contributed by atoms with van der Waals surface area (Å²) < 4.78 is 6.39. The molecular formula is C33H38ClN3O4. The lowest BCUT2D eigenvalue weighted by Crippen LogP contribution is -2.52. The molecule has 216 valence electrons. The van der Waals surface area contributed by atoms with Gasteiger partial charge < -0.3 is 9.64 Å². The molecule has 2 fully saturated rings. The third-order valence-electron chi connectivity index (χ3n) is 9.13. The number of nitrogens with zero attached hydrogens (tertiary/aromatic N) is 2. The van der Waals surface area contributed by atoms with Crippen LogP contribution >= 0.6 is 11.6 Å². The van der Waals surface area contributed by atoms with Crippen LogP contribution < -0.4 is 10.1 Å². The van der Waals surface area contributed by atoms with Gasteiger partial charge in [0.1, 0.15) is 17.9 Å². The van der Waals surface area contributed by atoms with Gasteiger partial charge in [-0.3, -0.25) is 24.6 Å². The molecule has 3 amide bonds. The highest BCUT2D eigenvalue weighted by Gasteiger charge is 2.39. The van der Waals surface area contributed by atoms with Crippen LogP contribution in [-0.2, 0) is 16.1 Å². The summed E-state index contributed by atoms with van der Waals surface area (Å²) in [5.41, 5.74) is 6.11. The van der Waals surface area contributed by atoms with Crippen LogP contribution in [-0.4, -0.2) is 59.3 Å². The third-order valence-corrected chi connectivity index (χ3v) is 9.38. The van der Waals surface area contributed by atoms with Gasteiger partial charge in [-0.2, -0.15) is 0 Å². The molecule has 0 bridgehead atoms. The summed E-state index contributed by atoms with van der Waals surface area (Å²) in [6.07, 6.45) is 6.07. The topological polar surface area (TPSA) is 79.0 Å². The monoisotopic (exact) mass is 575 g/mol. The lowest BCUT2D eigenvalue weighted by Gasteiger charge is -2.37. The first-order valence-electron chi connectivity index (χ1n) is 14.8. The molecule has 0 aromatic heterocycles. The summed E-state index contributed by atoms with van der Waals surface area (Å²) in [6.45, 7) is 8.06. The molecule has 1 atom stereocenters. The van der Waals surface area contributed by atoms with Crippen molar-refractivity contribution in [1.82, 2.24) is 15.1 Å². The molecule has 1 unspecified atom stereocenters. The van der Waals surface area contributed by atoms with E-state index >= 15 is 0 Å². The number of hydrogen-bond donors (Lipinski definition) is 1. The zero-order valence-electron chi connectivity index (χ0n) is 23.9. The number of carbonyl (C=O) groups is 3. The van der Waals surface area contributed by atoms with Crippen LogP contribution in [0.25, 0.3) is 5.57 Å². The van der Waals surface area contributed by atoms with Gasteiger partial charge >= 0.3 is 0 Å².